The molecule has 2 aromatic rings. The van der Waals surface area contributed by atoms with Crippen molar-refractivity contribution in [2.75, 3.05) is 26.7 Å². The highest BCUT2D eigenvalue weighted by Crippen LogP contribution is 2.49. The number of nitrogens with zero attached hydrogens (tertiary/aromatic N) is 3. The monoisotopic (exact) mass is 548 g/mol. The lowest BCUT2D eigenvalue weighted by Crippen LogP contribution is -2.56. The zero-order valence-electron chi connectivity index (χ0n) is 21.6. The zero-order valence-corrected chi connectivity index (χ0v) is 25.0. The van der Waals surface area contributed by atoms with E-state index in [4.69, 9.17) is 12.2 Å². The van der Waals surface area contributed by atoms with Gasteiger partial charge in [0, 0.05) is 48.5 Å². The van der Waals surface area contributed by atoms with E-state index >= 15 is 0 Å². The molecule has 0 spiro atoms. The van der Waals surface area contributed by atoms with Crippen LogP contribution in [0.15, 0.2) is 22.8 Å². The Bertz CT molecular complexity index is 1050. The van der Waals surface area contributed by atoms with Gasteiger partial charge in [0.15, 0.2) is 13.3 Å². The lowest BCUT2D eigenvalue weighted by Gasteiger charge is -2.46. The van der Waals surface area contributed by atoms with E-state index in [1.54, 1.807) is 0 Å². The third-order valence-electron chi connectivity index (χ3n) is 8.73. The Morgan fingerprint density at radius 3 is 2.52 bits per heavy atom. The number of thiocarbonyl (C=S) groups is 1. The predicted octanol–water partition coefficient (Wildman–Crippen LogP) is 6.19. The van der Waals surface area contributed by atoms with Crippen molar-refractivity contribution in [3.8, 4) is 0 Å². The van der Waals surface area contributed by atoms with Gasteiger partial charge in [-0.15, -0.1) is 0 Å². The Morgan fingerprint density at radius 1 is 1.24 bits per heavy atom. The number of hydrogen-bond acceptors (Lipinski definition) is 2. The minimum Gasteiger partial charge on any atom is -0.362 e. The van der Waals surface area contributed by atoms with Gasteiger partial charge in [0.25, 0.3) is 0 Å². The summed E-state index contributed by atoms with van der Waals surface area (Å²) < 4.78 is 4.02. The standard InChI is InChI=1S/C26H41BrN4SSi/c1-9-30(10-2)25(32)28-17-14-19-18-12-11-13-21-23(18)20(15-22(19)29(6)16-17)24(27)31(21)33(7,8)26(3,4)5/h11-13,17,19,22H,9-10,14-16H2,1-8H3,(H,28,32)/t17-,19+,22+/m0/s1. The third kappa shape index (κ3) is 4.11. The zero-order chi connectivity index (χ0) is 24.3. The van der Waals surface area contributed by atoms with Crippen LogP contribution in [0.3, 0.4) is 0 Å². The van der Waals surface area contributed by atoms with Crippen LogP contribution in [0.2, 0.25) is 18.1 Å². The van der Waals surface area contributed by atoms with Gasteiger partial charge >= 0.3 is 0 Å². The summed E-state index contributed by atoms with van der Waals surface area (Å²) in [5.74, 6) is 0.527. The molecule has 1 aliphatic heterocycles. The molecule has 0 radical (unpaired) electrons. The molecule has 182 valence electrons. The molecule has 2 heterocycles. The molecule has 0 unspecified atom stereocenters. The largest absolute Gasteiger partial charge is 0.362 e. The molecule has 0 bridgehead atoms. The van der Waals surface area contributed by atoms with Crippen molar-refractivity contribution in [1.29, 1.82) is 0 Å². The minimum atomic E-state index is -1.78. The van der Waals surface area contributed by atoms with Crippen LogP contribution >= 0.6 is 28.1 Å². The van der Waals surface area contributed by atoms with Gasteiger partial charge in [-0.1, -0.05) is 46.0 Å². The van der Waals surface area contributed by atoms with E-state index < -0.39 is 8.24 Å². The maximum Gasteiger partial charge on any atom is 0.169 e. The van der Waals surface area contributed by atoms with Crippen molar-refractivity contribution in [3.05, 3.63) is 33.9 Å². The van der Waals surface area contributed by atoms with E-state index in [1.165, 1.54) is 26.6 Å². The van der Waals surface area contributed by atoms with Crippen LogP contribution in [-0.2, 0) is 6.42 Å². The summed E-state index contributed by atoms with van der Waals surface area (Å²) in [4.78, 5) is 4.83. The maximum atomic E-state index is 5.75. The number of halogens is 1. The van der Waals surface area contributed by atoms with Gasteiger partial charge in [-0.05, 0) is 84.1 Å². The highest BCUT2D eigenvalue weighted by atomic mass is 79.9. The van der Waals surface area contributed by atoms with Crippen molar-refractivity contribution < 1.29 is 0 Å². The number of likely N-dealkylation sites (tertiary alicyclic amines) is 1. The molecule has 1 N–H and O–H groups in total. The molecule has 7 heteroatoms. The number of rotatable bonds is 4. The maximum absolute atomic E-state index is 5.75. The Labute approximate surface area is 215 Å². The van der Waals surface area contributed by atoms with E-state index in [0.29, 0.717) is 18.0 Å². The molecule has 1 aromatic heterocycles. The fourth-order valence-corrected chi connectivity index (χ4v) is 10.2. The summed E-state index contributed by atoms with van der Waals surface area (Å²) in [6.07, 6.45) is 2.25. The quantitative estimate of drug-likeness (QED) is 0.363. The molecule has 1 aromatic carbocycles. The van der Waals surface area contributed by atoms with Gasteiger partial charge in [0.1, 0.15) is 0 Å². The second-order valence-electron chi connectivity index (χ2n) is 11.5. The normalized spacial score (nSPS) is 23.5. The summed E-state index contributed by atoms with van der Waals surface area (Å²) in [5.41, 5.74) is 4.48. The molecule has 1 saturated heterocycles. The number of aromatic nitrogens is 1. The van der Waals surface area contributed by atoms with Crippen molar-refractivity contribution in [2.24, 2.45) is 0 Å². The fraction of sp³-hybridized carbons (Fsp3) is 0.654. The van der Waals surface area contributed by atoms with E-state index in [2.05, 4.69) is 108 Å². The molecule has 4 nitrogen and oxygen atoms in total. The summed E-state index contributed by atoms with van der Waals surface area (Å²) in [7, 11) is 0.520. The highest BCUT2D eigenvalue weighted by Gasteiger charge is 2.44. The second-order valence-corrected chi connectivity index (χ2v) is 17.7. The smallest absolute Gasteiger partial charge is 0.169 e. The molecule has 4 rings (SSSR count). The Morgan fingerprint density at radius 2 is 1.91 bits per heavy atom. The predicted molar refractivity (Wildman–Crippen MR) is 152 cm³/mol. The minimum absolute atomic E-state index is 0.265. The summed E-state index contributed by atoms with van der Waals surface area (Å²) in [6.45, 7) is 19.5. The first kappa shape index (κ1) is 25.2. The topological polar surface area (TPSA) is 23.4 Å². The molecule has 33 heavy (non-hydrogen) atoms. The van der Waals surface area contributed by atoms with Gasteiger partial charge in [-0.3, -0.25) is 0 Å². The molecular weight excluding hydrogens is 508 g/mol. The van der Waals surface area contributed by atoms with Crippen LogP contribution in [0.25, 0.3) is 10.9 Å². The lowest BCUT2D eigenvalue weighted by molar-refractivity contribution is 0.133. The van der Waals surface area contributed by atoms with Crippen LogP contribution in [0.1, 0.15) is 58.1 Å². The number of hydrogen-bond donors (Lipinski definition) is 1. The molecule has 1 fully saturated rings. The molecule has 0 saturated carbocycles. The Balaban J connectivity index is 1.76. The van der Waals surface area contributed by atoms with Gasteiger partial charge in [0.2, 0.25) is 0 Å². The first-order chi connectivity index (χ1) is 15.4. The van der Waals surface area contributed by atoms with Crippen LogP contribution < -0.4 is 5.32 Å². The number of fused-ring (bicyclic) bond motifs is 2. The van der Waals surface area contributed by atoms with Gasteiger partial charge in [0.05, 0.1) is 4.60 Å². The number of nitrogens with one attached hydrogen (secondary N) is 1. The average molecular weight is 550 g/mol. The van der Waals surface area contributed by atoms with Gasteiger partial charge < -0.3 is 19.3 Å². The first-order valence-electron chi connectivity index (χ1n) is 12.5. The molecular formula is C26H41BrN4SSi. The lowest BCUT2D eigenvalue weighted by atomic mass is 9.74. The molecule has 3 atom stereocenters. The first-order valence-corrected chi connectivity index (χ1v) is 16.6. The Kier molecular flexibility index (Phi) is 6.84. The number of piperidine rings is 1. The highest BCUT2D eigenvalue weighted by molar-refractivity contribution is 9.10. The van der Waals surface area contributed by atoms with Crippen LogP contribution in [0.4, 0.5) is 0 Å². The fourth-order valence-electron chi connectivity index (χ4n) is 5.84. The number of likely N-dealkylation sites (N-methyl/N-ethyl adjacent to an activating group) is 1. The SMILES string of the molecule is CCN(CC)C(=S)N[C@H]1C[C@@H]2c3cccc4c3c(c(Br)n4[Si](C)(C)C(C)(C)C)C[C@H]2N(C)C1. The van der Waals surface area contributed by atoms with Crippen molar-refractivity contribution in [1.82, 2.24) is 19.3 Å². The van der Waals surface area contributed by atoms with Crippen molar-refractivity contribution in [2.45, 2.75) is 83.6 Å². The third-order valence-corrected chi connectivity index (χ3v) is 15.5. The van der Waals surface area contributed by atoms with E-state index in [0.717, 1.165) is 37.6 Å². The second kappa shape index (κ2) is 8.96. The summed E-state index contributed by atoms with van der Waals surface area (Å²) >= 11 is 9.86. The van der Waals surface area contributed by atoms with E-state index in [1.807, 2.05) is 0 Å². The molecule has 2 aliphatic rings. The van der Waals surface area contributed by atoms with Gasteiger partial charge in [-0.2, -0.15) is 0 Å². The van der Waals surface area contributed by atoms with Crippen LogP contribution in [0, 0.1) is 0 Å². The Hall–Kier alpha value is -0.893. The van der Waals surface area contributed by atoms with E-state index in [9.17, 15) is 0 Å². The average Bonchev–Trinajstić information content (AvgIpc) is 3.02. The molecule has 1 aliphatic carbocycles. The summed E-state index contributed by atoms with van der Waals surface area (Å²) in [5, 5.41) is 6.39. The van der Waals surface area contributed by atoms with Crippen LogP contribution in [0.5, 0.6) is 0 Å². The van der Waals surface area contributed by atoms with Gasteiger partial charge in [-0.25, -0.2) is 0 Å². The van der Waals surface area contributed by atoms with Crippen molar-refractivity contribution >= 4 is 52.4 Å². The van der Waals surface area contributed by atoms with E-state index in [-0.39, 0.29) is 5.04 Å². The van der Waals surface area contributed by atoms with Crippen molar-refractivity contribution in [3.63, 3.8) is 0 Å². The molecule has 0 amide bonds. The van der Waals surface area contributed by atoms with Crippen LogP contribution in [-0.4, -0.2) is 66.1 Å². The number of benzene rings is 1. The summed E-state index contributed by atoms with van der Waals surface area (Å²) in [6, 6.07) is 7.95.